The topological polar surface area (TPSA) is 70.8 Å². The lowest BCUT2D eigenvalue weighted by Crippen LogP contribution is -2.45. The molecule has 5 nitrogen and oxygen atoms in total. The first-order chi connectivity index (χ1) is 8.56. The van der Waals surface area contributed by atoms with Gasteiger partial charge in [-0.2, -0.15) is 0 Å². The number of methoxy groups -OCH3 is 1. The van der Waals surface area contributed by atoms with Gasteiger partial charge in [0.1, 0.15) is 5.54 Å². The van der Waals surface area contributed by atoms with Crippen LogP contribution in [0.5, 0.6) is 0 Å². The van der Waals surface area contributed by atoms with E-state index >= 15 is 0 Å². The van der Waals surface area contributed by atoms with Gasteiger partial charge in [0.05, 0.1) is 20.3 Å². The molecule has 1 rings (SSSR count). The largest absolute Gasteiger partial charge is 0.468 e. The summed E-state index contributed by atoms with van der Waals surface area (Å²) in [4.78, 5) is 11.3. The lowest BCUT2D eigenvalue weighted by atomic mass is 9.96. The van der Waals surface area contributed by atoms with Crippen molar-refractivity contribution in [1.82, 2.24) is 0 Å². The normalized spacial score (nSPS) is 22.7. The van der Waals surface area contributed by atoms with Crippen LogP contribution in [0.3, 0.4) is 0 Å². The van der Waals surface area contributed by atoms with E-state index in [4.69, 9.17) is 15.2 Å². The third-order valence-corrected chi connectivity index (χ3v) is 3.26. The number of hydrogen-bond donors (Lipinski definition) is 1. The fourth-order valence-corrected chi connectivity index (χ4v) is 2.00. The van der Waals surface area contributed by atoms with Gasteiger partial charge in [0.15, 0.2) is 0 Å². The number of unbranched alkanes of at least 4 members (excludes halogenated alkanes) is 1. The van der Waals surface area contributed by atoms with Gasteiger partial charge in [0, 0.05) is 19.1 Å². The Labute approximate surface area is 109 Å². The fraction of sp³-hybridized carbons (Fsp3) is 0.923. The lowest BCUT2D eigenvalue weighted by molar-refractivity contribution is -0.146. The third kappa shape index (κ3) is 5.33. The van der Waals surface area contributed by atoms with Gasteiger partial charge in [-0.05, 0) is 32.6 Å². The Kier molecular flexibility index (Phi) is 6.60. The fourth-order valence-electron chi connectivity index (χ4n) is 2.00. The van der Waals surface area contributed by atoms with Gasteiger partial charge >= 0.3 is 5.97 Å². The number of carbonyl (C=O) groups excluding carboxylic acids is 1. The highest BCUT2D eigenvalue weighted by Gasteiger charge is 2.28. The highest BCUT2D eigenvalue weighted by atomic mass is 16.5. The van der Waals surface area contributed by atoms with Crippen LogP contribution in [0.2, 0.25) is 0 Å². The summed E-state index contributed by atoms with van der Waals surface area (Å²) in [6.45, 7) is 4.88. The van der Waals surface area contributed by atoms with Crippen LogP contribution >= 0.6 is 0 Å². The van der Waals surface area contributed by atoms with Crippen LogP contribution in [0, 0.1) is 5.92 Å². The second-order valence-electron chi connectivity index (χ2n) is 5.17. The molecule has 0 aromatic rings. The molecule has 0 aromatic heterocycles. The summed E-state index contributed by atoms with van der Waals surface area (Å²) in [6, 6.07) is 0. The summed E-state index contributed by atoms with van der Waals surface area (Å²) in [5.74, 6) is 0.200. The molecule has 1 aliphatic heterocycles. The summed E-state index contributed by atoms with van der Waals surface area (Å²) in [5, 5.41) is 0. The molecule has 106 valence electrons. The van der Waals surface area contributed by atoms with E-state index in [1.165, 1.54) is 7.11 Å². The van der Waals surface area contributed by atoms with Gasteiger partial charge in [0.2, 0.25) is 0 Å². The zero-order valence-corrected chi connectivity index (χ0v) is 11.4. The molecule has 5 heteroatoms. The first-order valence-electron chi connectivity index (χ1n) is 6.59. The third-order valence-electron chi connectivity index (χ3n) is 3.26. The molecule has 0 bridgehead atoms. The van der Waals surface area contributed by atoms with Gasteiger partial charge < -0.3 is 19.9 Å². The van der Waals surface area contributed by atoms with Crippen molar-refractivity contribution in [2.24, 2.45) is 11.7 Å². The molecule has 0 spiro atoms. The van der Waals surface area contributed by atoms with Gasteiger partial charge in [-0.25, -0.2) is 0 Å². The van der Waals surface area contributed by atoms with Gasteiger partial charge in [-0.3, -0.25) is 4.79 Å². The second-order valence-corrected chi connectivity index (χ2v) is 5.17. The predicted molar refractivity (Wildman–Crippen MR) is 68.2 cm³/mol. The van der Waals surface area contributed by atoms with E-state index in [0.29, 0.717) is 18.9 Å². The van der Waals surface area contributed by atoms with Crippen LogP contribution in [-0.4, -0.2) is 45.0 Å². The molecule has 0 aromatic carbocycles. The maximum Gasteiger partial charge on any atom is 0.325 e. The SMILES string of the molecule is COC(=O)C(C)(N)CCCCOCC1CCOC1. The van der Waals surface area contributed by atoms with Gasteiger partial charge in [-0.1, -0.05) is 0 Å². The minimum atomic E-state index is -0.881. The van der Waals surface area contributed by atoms with E-state index in [1.807, 2.05) is 0 Å². The average molecular weight is 259 g/mol. The monoisotopic (exact) mass is 259 g/mol. The molecule has 0 saturated carbocycles. The van der Waals surface area contributed by atoms with Crippen molar-refractivity contribution in [3.8, 4) is 0 Å². The van der Waals surface area contributed by atoms with E-state index in [9.17, 15) is 4.79 Å². The van der Waals surface area contributed by atoms with E-state index in [-0.39, 0.29) is 5.97 Å². The molecule has 0 aliphatic carbocycles. The van der Waals surface area contributed by atoms with E-state index < -0.39 is 5.54 Å². The van der Waals surface area contributed by atoms with Crippen LogP contribution in [0.25, 0.3) is 0 Å². The molecule has 1 heterocycles. The van der Waals surface area contributed by atoms with E-state index in [1.54, 1.807) is 6.92 Å². The number of ether oxygens (including phenoxy) is 3. The van der Waals surface area contributed by atoms with Crippen LogP contribution in [0.15, 0.2) is 0 Å². The summed E-state index contributed by atoms with van der Waals surface area (Å²) in [6.07, 6.45) is 3.50. The molecular weight excluding hydrogens is 234 g/mol. The second kappa shape index (κ2) is 7.71. The molecule has 0 amide bonds. The van der Waals surface area contributed by atoms with Crippen molar-refractivity contribution in [2.45, 2.75) is 38.1 Å². The number of carbonyl (C=O) groups is 1. The Bertz CT molecular complexity index is 249. The highest BCUT2D eigenvalue weighted by Crippen LogP contribution is 2.14. The number of hydrogen-bond acceptors (Lipinski definition) is 5. The van der Waals surface area contributed by atoms with Crippen LogP contribution in [0.1, 0.15) is 32.6 Å². The van der Waals surface area contributed by atoms with E-state index in [0.717, 1.165) is 39.1 Å². The maximum absolute atomic E-state index is 11.3. The zero-order valence-electron chi connectivity index (χ0n) is 11.4. The Morgan fingerprint density at radius 2 is 2.28 bits per heavy atom. The highest BCUT2D eigenvalue weighted by molar-refractivity contribution is 5.79. The first-order valence-corrected chi connectivity index (χ1v) is 6.59. The molecule has 2 unspecified atom stereocenters. The molecule has 2 N–H and O–H groups in total. The maximum atomic E-state index is 11.3. The summed E-state index contributed by atoms with van der Waals surface area (Å²) >= 11 is 0. The molecule has 18 heavy (non-hydrogen) atoms. The minimum Gasteiger partial charge on any atom is -0.468 e. The standard InChI is InChI=1S/C13H25NO4/c1-13(14,12(15)16-2)6-3-4-7-17-9-11-5-8-18-10-11/h11H,3-10,14H2,1-2H3. The Balaban J connectivity index is 1.99. The van der Waals surface area contributed by atoms with Crippen molar-refractivity contribution < 1.29 is 19.0 Å². The summed E-state index contributed by atoms with van der Waals surface area (Å²) in [7, 11) is 1.36. The molecule has 0 radical (unpaired) electrons. The molecule has 1 aliphatic rings. The molecule has 1 fully saturated rings. The molecule has 2 atom stereocenters. The summed E-state index contributed by atoms with van der Waals surface area (Å²) in [5.41, 5.74) is 4.97. The molecule has 1 saturated heterocycles. The van der Waals surface area contributed by atoms with Gasteiger partial charge in [-0.15, -0.1) is 0 Å². The van der Waals surface area contributed by atoms with Crippen LogP contribution in [-0.2, 0) is 19.0 Å². The van der Waals surface area contributed by atoms with Crippen molar-refractivity contribution >= 4 is 5.97 Å². The average Bonchev–Trinajstić information content (AvgIpc) is 2.85. The quantitative estimate of drug-likeness (QED) is 0.522. The Morgan fingerprint density at radius 1 is 1.50 bits per heavy atom. The summed E-state index contributed by atoms with van der Waals surface area (Å²) < 4.78 is 15.5. The van der Waals surface area contributed by atoms with Crippen LogP contribution < -0.4 is 5.73 Å². The predicted octanol–water partition coefficient (Wildman–Crippen LogP) is 1.10. The molecular formula is C13H25NO4. The Morgan fingerprint density at radius 3 is 2.89 bits per heavy atom. The lowest BCUT2D eigenvalue weighted by Gasteiger charge is -2.21. The first kappa shape index (κ1) is 15.4. The van der Waals surface area contributed by atoms with Crippen molar-refractivity contribution in [3.63, 3.8) is 0 Å². The Hall–Kier alpha value is -0.650. The number of esters is 1. The van der Waals surface area contributed by atoms with Gasteiger partial charge in [0.25, 0.3) is 0 Å². The van der Waals surface area contributed by atoms with Crippen molar-refractivity contribution in [3.05, 3.63) is 0 Å². The smallest absolute Gasteiger partial charge is 0.325 e. The number of rotatable bonds is 8. The van der Waals surface area contributed by atoms with Crippen molar-refractivity contribution in [2.75, 3.05) is 33.5 Å². The zero-order chi connectivity index (χ0) is 13.4. The van der Waals surface area contributed by atoms with Crippen molar-refractivity contribution in [1.29, 1.82) is 0 Å². The number of nitrogens with two attached hydrogens (primary N) is 1. The van der Waals surface area contributed by atoms with Crippen LogP contribution in [0.4, 0.5) is 0 Å². The van der Waals surface area contributed by atoms with E-state index in [2.05, 4.69) is 4.74 Å². The minimum absolute atomic E-state index is 0.355.